The highest BCUT2D eigenvalue weighted by Crippen LogP contribution is 2.29. The van der Waals surface area contributed by atoms with Crippen LogP contribution in [0.5, 0.6) is 0 Å². The fourth-order valence-corrected chi connectivity index (χ4v) is 3.31. The molecule has 1 aromatic rings. The van der Waals surface area contributed by atoms with Gasteiger partial charge in [0.15, 0.2) is 0 Å². The fourth-order valence-electron chi connectivity index (χ4n) is 2.92. The van der Waals surface area contributed by atoms with Crippen molar-refractivity contribution in [3.63, 3.8) is 0 Å². The molecule has 1 aliphatic heterocycles. The number of hydrogen-bond donors (Lipinski definition) is 2. The van der Waals surface area contributed by atoms with Gasteiger partial charge in [-0.1, -0.05) is 43.6 Å². The van der Waals surface area contributed by atoms with Crippen LogP contribution in [-0.2, 0) is 14.9 Å². The van der Waals surface area contributed by atoms with Crippen molar-refractivity contribution in [1.82, 2.24) is 10.6 Å². The zero-order valence-electron chi connectivity index (χ0n) is 13.5. The van der Waals surface area contributed by atoms with E-state index in [9.17, 15) is 4.79 Å². The molecule has 0 unspecified atom stereocenters. The van der Waals surface area contributed by atoms with Gasteiger partial charge < -0.3 is 15.4 Å². The molecule has 22 heavy (non-hydrogen) atoms. The van der Waals surface area contributed by atoms with Crippen LogP contribution in [0.2, 0.25) is 5.02 Å². The Hall–Kier alpha value is -1.10. The van der Waals surface area contributed by atoms with E-state index in [1.54, 1.807) is 7.11 Å². The summed E-state index contributed by atoms with van der Waals surface area (Å²) in [5, 5.41) is 7.04. The van der Waals surface area contributed by atoms with Gasteiger partial charge in [0.25, 0.3) is 5.91 Å². The fraction of sp³-hybridized carbons (Fsp3) is 0.588. The highest BCUT2D eigenvalue weighted by Gasteiger charge is 2.40. The number of methoxy groups -OCH3 is 1. The second kappa shape index (κ2) is 6.99. The summed E-state index contributed by atoms with van der Waals surface area (Å²) in [6.07, 6.45) is 1.39. The Morgan fingerprint density at radius 1 is 1.36 bits per heavy atom. The van der Waals surface area contributed by atoms with Crippen LogP contribution < -0.4 is 10.6 Å². The summed E-state index contributed by atoms with van der Waals surface area (Å²) in [5.74, 6) is -0.0309. The van der Waals surface area contributed by atoms with Crippen LogP contribution in [0.1, 0.15) is 32.3 Å². The summed E-state index contributed by atoms with van der Waals surface area (Å²) >= 11 is 6.28. The van der Waals surface area contributed by atoms with Crippen LogP contribution in [0.4, 0.5) is 0 Å². The molecular formula is C17H25ClN2O2. The van der Waals surface area contributed by atoms with Crippen LogP contribution in [-0.4, -0.2) is 38.3 Å². The van der Waals surface area contributed by atoms with Crippen molar-refractivity contribution in [2.45, 2.75) is 37.7 Å². The SMILES string of the molecule is COC1(C(=O)NCC(C)(C)c2ccccc2Cl)CCNCC1. The Kier molecular flexibility index (Phi) is 5.48. The topological polar surface area (TPSA) is 50.4 Å². The van der Waals surface area contributed by atoms with Crippen LogP contribution in [0.15, 0.2) is 24.3 Å². The number of halogens is 1. The summed E-state index contributed by atoms with van der Waals surface area (Å²) in [6, 6.07) is 7.76. The molecule has 2 rings (SSSR count). The predicted octanol–water partition coefficient (Wildman–Crippen LogP) is 2.50. The molecule has 2 N–H and O–H groups in total. The zero-order chi connectivity index (χ0) is 16.2. The predicted molar refractivity (Wildman–Crippen MR) is 89.3 cm³/mol. The quantitative estimate of drug-likeness (QED) is 0.875. The highest BCUT2D eigenvalue weighted by molar-refractivity contribution is 6.31. The first kappa shape index (κ1) is 17.3. The van der Waals surface area contributed by atoms with Gasteiger partial charge in [0.2, 0.25) is 0 Å². The van der Waals surface area contributed by atoms with E-state index in [0.29, 0.717) is 19.4 Å². The van der Waals surface area contributed by atoms with Crippen LogP contribution in [0.25, 0.3) is 0 Å². The molecule has 0 bridgehead atoms. The van der Waals surface area contributed by atoms with Gasteiger partial charge in [-0.15, -0.1) is 0 Å². The summed E-state index contributed by atoms with van der Waals surface area (Å²) in [5.41, 5.74) is 0.0891. The number of hydrogen-bond acceptors (Lipinski definition) is 3. The minimum absolute atomic E-state index is 0.0309. The first-order valence-corrected chi connectivity index (χ1v) is 8.08. The number of ether oxygens (including phenoxy) is 1. The molecule has 0 radical (unpaired) electrons. The number of carbonyl (C=O) groups excluding carboxylic acids is 1. The molecule has 1 fully saturated rings. The maximum atomic E-state index is 12.6. The molecule has 1 saturated heterocycles. The van der Waals surface area contributed by atoms with Gasteiger partial charge in [0.05, 0.1) is 0 Å². The average molecular weight is 325 g/mol. The molecule has 0 spiro atoms. The molecular weight excluding hydrogens is 300 g/mol. The lowest BCUT2D eigenvalue weighted by molar-refractivity contribution is -0.146. The largest absolute Gasteiger partial charge is 0.368 e. The third-order valence-corrected chi connectivity index (χ3v) is 4.84. The van der Waals surface area contributed by atoms with Crippen molar-refractivity contribution in [3.8, 4) is 0 Å². The molecule has 0 atom stereocenters. The maximum Gasteiger partial charge on any atom is 0.252 e. The van der Waals surface area contributed by atoms with Gasteiger partial charge in [-0.25, -0.2) is 0 Å². The Balaban J connectivity index is 2.05. The molecule has 0 saturated carbocycles. The average Bonchev–Trinajstić information content (AvgIpc) is 2.53. The van der Waals surface area contributed by atoms with Gasteiger partial charge in [0.1, 0.15) is 5.60 Å². The Labute approximate surface area is 137 Å². The second-order valence-electron chi connectivity index (χ2n) is 6.49. The van der Waals surface area contributed by atoms with E-state index in [2.05, 4.69) is 24.5 Å². The van der Waals surface area contributed by atoms with Gasteiger partial charge in [-0.2, -0.15) is 0 Å². The van der Waals surface area contributed by atoms with Gasteiger partial charge >= 0.3 is 0 Å². The van der Waals surface area contributed by atoms with E-state index in [-0.39, 0.29) is 11.3 Å². The van der Waals surface area contributed by atoms with Crippen LogP contribution in [0.3, 0.4) is 0 Å². The molecule has 4 nitrogen and oxygen atoms in total. The maximum absolute atomic E-state index is 12.6. The van der Waals surface area contributed by atoms with Crippen LogP contribution in [0, 0.1) is 0 Å². The Morgan fingerprint density at radius 3 is 2.59 bits per heavy atom. The summed E-state index contributed by atoms with van der Waals surface area (Å²) in [7, 11) is 1.62. The smallest absolute Gasteiger partial charge is 0.252 e. The third kappa shape index (κ3) is 3.62. The third-order valence-electron chi connectivity index (χ3n) is 4.51. The monoisotopic (exact) mass is 324 g/mol. The van der Waals surface area contributed by atoms with E-state index in [1.807, 2.05) is 24.3 Å². The van der Waals surface area contributed by atoms with E-state index in [1.165, 1.54) is 0 Å². The number of amides is 1. The number of benzene rings is 1. The van der Waals surface area contributed by atoms with Crippen molar-refractivity contribution in [2.75, 3.05) is 26.7 Å². The molecule has 1 aromatic carbocycles. The zero-order valence-corrected chi connectivity index (χ0v) is 14.3. The van der Waals surface area contributed by atoms with E-state index in [0.717, 1.165) is 23.7 Å². The lowest BCUT2D eigenvalue weighted by Crippen LogP contribution is -2.55. The highest BCUT2D eigenvalue weighted by atomic mass is 35.5. The number of carbonyl (C=O) groups is 1. The standard InChI is InChI=1S/C17H25ClN2O2/c1-16(2,13-6-4-5-7-14(13)18)12-20-15(21)17(22-3)8-10-19-11-9-17/h4-7,19H,8-12H2,1-3H3,(H,20,21). The summed E-state index contributed by atoms with van der Waals surface area (Å²) in [4.78, 5) is 12.6. The van der Waals surface area contributed by atoms with E-state index in [4.69, 9.17) is 16.3 Å². The first-order valence-electron chi connectivity index (χ1n) is 7.70. The van der Waals surface area contributed by atoms with Crippen molar-refractivity contribution in [2.24, 2.45) is 0 Å². The molecule has 122 valence electrons. The van der Waals surface area contributed by atoms with Crippen molar-refractivity contribution < 1.29 is 9.53 Å². The van der Waals surface area contributed by atoms with E-state index < -0.39 is 5.60 Å². The molecule has 5 heteroatoms. The normalized spacial score (nSPS) is 18.0. The first-order chi connectivity index (χ1) is 10.4. The molecule has 1 aliphatic rings. The molecule has 0 aromatic heterocycles. The molecule has 0 aliphatic carbocycles. The van der Waals surface area contributed by atoms with E-state index >= 15 is 0 Å². The Morgan fingerprint density at radius 2 is 2.00 bits per heavy atom. The summed E-state index contributed by atoms with van der Waals surface area (Å²) in [6.45, 7) is 6.28. The van der Waals surface area contributed by atoms with Gasteiger partial charge in [-0.3, -0.25) is 4.79 Å². The minimum atomic E-state index is -0.707. The minimum Gasteiger partial charge on any atom is -0.368 e. The lowest BCUT2D eigenvalue weighted by Gasteiger charge is -2.36. The van der Waals surface area contributed by atoms with Crippen molar-refractivity contribution in [1.29, 1.82) is 0 Å². The number of piperidine rings is 1. The number of nitrogens with one attached hydrogen (secondary N) is 2. The van der Waals surface area contributed by atoms with Crippen molar-refractivity contribution >= 4 is 17.5 Å². The number of rotatable bonds is 5. The van der Waals surface area contributed by atoms with Crippen LogP contribution >= 0.6 is 11.6 Å². The summed E-state index contributed by atoms with van der Waals surface area (Å²) < 4.78 is 5.56. The second-order valence-corrected chi connectivity index (χ2v) is 6.90. The van der Waals surface area contributed by atoms with Crippen molar-refractivity contribution in [3.05, 3.63) is 34.9 Å². The van der Waals surface area contributed by atoms with Gasteiger partial charge in [-0.05, 0) is 37.6 Å². The lowest BCUT2D eigenvalue weighted by atomic mass is 9.84. The molecule has 1 amide bonds. The van der Waals surface area contributed by atoms with Gasteiger partial charge in [0, 0.05) is 24.1 Å². The Bertz CT molecular complexity index is 525. The molecule has 1 heterocycles.